The molecule has 1 aliphatic rings. The second-order valence-corrected chi connectivity index (χ2v) is 4.41. The van der Waals surface area contributed by atoms with E-state index in [9.17, 15) is 4.79 Å². The second kappa shape index (κ2) is 4.89. The SMILES string of the molecule is COC1CC(Nc2ccc(Cl)c(C(=O)O)n2)C1. The summed E-state index contributed by atoms with van der Waals surface area (Å²) in [6.07, 6.45) is 2.10. The van der Waals surface area contributed by atoms with Gasteiger partial charge in [-0.1, -0.05) is 11.6 Å². The van der Waals surface area contributed by atoms with Crippen LogP contribution in [-0.2, 0) is 4.74 Å². The van der Waals surface area contributed by atoms with Gasteiger partial charge in [-0.2, -0.15) is 0 Å². The molecule has 0 atom stereocenters. The van der Waals surface area contributed by atoms with Crippen molar-refractivity contribution in [1.29, 1.82) is 0 Å². The van der Waals surface area contributed by atoms with Crippen LogP contribution >= 0.6 is 11.6 Å². The zero-order chi connectivity index (χ0) is 12.4. The van der Waals surface area contributed by atoms with Gasteiger partial charge in [0.15, 0.2) is 5.69 Å². The van der Waals surface area contributed by atoms with Crippen molar-refractivity contribution in [3.8, 4) is 0 Å². The highest BCUT2D eigenvalue weighted by Crippen LogP contribution is 2.26. The lowest BCUT2D eigenvalue weighted by molar-refractivity contribution is 0.0327. The minimum atomic E-state index is -1.12. The average molecular weight is 257 g/mol. The van der Waals surface area contributed by atoms with Crippen LogP contribution in [0.5, 0.6) is 0 Å². The van der Waals surface area contributed by atoms with E-state index in [0.29, 0.717) is 11.9 Å². The summed E-state index contributed by atoms with van der Waals surface area (Å²) >= 11 is 5.73. The maximum Gasteiger partial charge on any atom is 0.356 e. The molecule has 0 aromatic carbocycles. The van der Waals surface area contributed by atoms with Gasteiger partial charge in [0.1, 0.15) is 5.82 Å². The van der Waals surface area contributed by atoms with Gasteiger partial charge >= 0.3 is 5.97 Å². The number of nitrogens with one attached hydrogen (secondary N) is 1. The Labute approximate surface area is 104 Å². The molecule has 2 rings (SSSR count). The summed E-state index contributed by atoms with van der Waals surface area (Å²) in [5, 5.41) is 12.2. The fraction of sp³-hybridized carbons (Fsp3) is 0.455. The Balaban J connectivity index is 2.02. The topological polar surface area (TPSA) is 71.5 Å². The number of ether oxygens (including phenoxy) is 1. The Morgan fingerprint density at radius 2 is 2.29 bits per heavy atom. The molecule has 0 unspecified atom stereocenters. The lowest BCUT2D eigenvalue weighted by Gasteiger charge is -2.34. The number of methoxy groups -OCH3 is 1. The van der Waals surface area contributed by atoms with Gasteiger partial charge in [0, 0.05) is 13.2 Å². The van der Waals surface area contributed by atoms with E-state index in [1.807, 2.05) is 0 Å². The van der Waals surface area contributed by atoms with Crippen molar-refractivity contribution in [2.24, 2.45) is 0 Å². The standard InChI is InChI=1S/C11H13ClN2O3/c1-17-7-4-6(5-7)13-9-3-2-8(12)10(14-9)11(15)16/h2-3,6-7H,4-5H2,1H3,(H,13,14)(H,15,16). The highest BCUT2D eigenvalue weighted by Gasteiger charge is 2.29. The van der Waals surface area contributed by atoms with Gasteiger partial charge in [-0.25, -0.2) is 9.78 Å². The number of carbonyl (C=O) groups is 1. The third kappa shape index (κ3) is 2.68. The minimum absolute atomic E-state index is 0.126. The van der Waals surface area contributed by atoms with Crippen LogP contribution in [0.4, 0.5) is 5.82 Å². The van der Waals surface area contributed by atoms with Crippen molar-refractivity contribution < 1.29 is 14.6 Å². The van der Waals surface area contributed by atoms with Crippen molar-refractivity contribution in [2.45, 2.75) is 25.0 Å². The summed E-state index contributed by atoms with van der Waals surface area (Å²) in [5.74, 6) is -0.589. The molecule has 1 aromatic rings. The highest BCUT2D eigenvalue weighted by atomic mass is 35.5. The van der Waals surface area contributed by atoms with Crippen molar-refractivity contribution in [1.82, 2.24) is 4.98 Å². The molecule has 1 aliphatic carbocycles. The third-order valence-electron chi connectivity index (χ3n) is 2.83. The molecule has 5 nitrogen and oxygen atoms in total. The first-order valence-electron chi connectivity index (χ1n) is 5.29. The van der Waals surface area contributed by atoms with Gasteiger partial charge in [0.2, 0.25) is 0 Å². The van der Waals surface area contributed by atoms with Crippen LogP contribution < -0.4 is 5.32 Å². The van der Waals surface area contributed by atoms with Crippen LogP contribution in [0, 0.1) is 0 Å². The average Bonchev–Trinajstić information content (AvgIpc) is 2.24. The van der Waals surface area contributed by atoms with E-state index in [1.165, 1.54) is 6.07 Å². The maximum absolute atomic E-state index is 10.8. The number of carboxylic acids is 1. The summed E-state index contributed by atoms with van der Waals surface area (Å²) in [7, 11) is 1.68. The molecule has 0 bridgehead atoms. The van der Waals surface area contributed by atoms with E-state index in [2.05, 4.69) is 10.3 Å². The number of hydrogen-bond acceptors (Lipinski definition) is 4. The lowest BCUT2D eigenvalue weighted by Crippen LogP contribution is -2.40. The van der Waals surface area contributed by atoms with Crippen LogP contribution in [0.25, 0.3) is 0 Å². The molecule has 1 fully saturated rings. The lowest BCUT2D eigenvalue weighted by atomic mass is 9.89. The Bertz CT molecular complexity index is 433. The Morgan fingerprint density at radius 3 is 2.88 bits per heavy atom. The smallest absolute Gasteiger partial charge is 0.356 e. The van der Waals surface area contributed by atoms with Crippen molar-refractivity contribution >= 4 is 23.4 Å². The van der Waals surface area contributed by atoms with Crippen LogP contribution in [0.15, 0.2) is 12.1 Å². The van der Waals surface area contributed by atoms with Crippen molar-refractivity contribution in [3.63, 3.8) is 0 Å². The predicted molar refractivity (Wildman–Crippen MR) is 63.6 cm³/mol. The van der Waals surface area contributed by atoms with Crippen LogP contribution in [0.2, 0.25) is 5.02 Å². The van der Waals surface area contributed by atoms with Crippen LogP contribution in [-0.4, -0.2) is 35.3 Å². The molecule has 0 saturated heterocycles. The zero-order valence-corrected chi connectivity index (χ0v) is 10.1. The highest BCUT2D eigenvalue weighted by molar-refractivity contribution is 6.33. The summed E-state index contributed by atoms with van der Waals surface area (Å²) in [6, 6.07) is 3.50. The number of aromatic nitrogens is 1. The molecule has 17 heavy (non-hydrogen) atoms. The molecule has 1 aromatic heterocycles. The van der Waals surface area contributed by atoms with Crippen LogP contribution in [0.3, 0.4) is 0 Å². The molecule has 1 saturated carbocycles. The molecule has 6 heteroatoms. The first-order chi connectivity index (χ1) is 8.10. The van der Waals surface area contributed by atoms with Gasteiger partial charge < -0.3 is 15.2 Å². The number of nitrogens with zero attached hydrogens (tertiary/aromatic N) is 1. The number of aromatic carboxylic acids is 1. The Kier molecular flexibility index (Phi) is 3.49. The van der Waals surface area contributed by atoms with E-state index in [4.69, 9.17) is 21.4 Å². The Morgan fingerprint density at radius 1 is 1.59 bits per heavy atom. The van der Waals surface area contributed by atoms with E-state index >= 15 is 0 Å². The van der Waals surface area contributed by atoms with Gasteiger partial charge in [0.05, 0.1) is 11.1 Å². The maximum atomic E-state index is 10.8. The van der Waals surface area contributed by atoms with E-state index in [1.54, 1.807) is 13.2 Å². The molecule has 92 valence electrons. The Hall–Kier alpha value is -1.33. The first kappa shape index (κ1) is 12.1. The monoisotopic (exact) mass is 256 g/mol. The van der Waals surface area contributed by atoms with Crippen LogP contribution in [0.1, 0.15) is 23.3 Å². The molecular formula is C11H13ClN2O3. The minimum Gasteiger partial charge on any atom is -0.476 e. The second-order valence-electron chi connectivity index (χ2n) is 4.00. The number of rotatable bonds is 4. The molecule has 0 radical (unpaired) electrons. The number of hydrogen-bond donors (Lipinski definition) is 2. The summed E-state index contributed by atoms with van der Waals surface area (Å²) < 4.78 is 5.16. The van der Waals surface area contributed by atoms with E-state index in [0.717, 1.165) is 12.8 Å². The predicted octanol–water partition coefficient (Wildman–Crippen LogP) is 2.02. The molecule has 1 heterocycles. The number of anilines is 1. The molecule has 2 N–H and O–H groups in total. The quantitative estimate of drug-likeness (QED) is 0.862. The fourth-order valence-corrected chi connectivity index (χ4v) is 1.94. The number of pyridine rings is 1. The number of halogens is 1. The molecule has 0 aliphatic heterocycles. The van der Waals surface area contributed by atoms with E-state index in [-0.39, 0.29) is 16.8 Å². The largest absolute Gasteiger partial charge is 0.476 e. The summed E-state index contributed by atoms with van der Waals surface area (Å²) in [6.45, 7) is 0. The first-order valence-corrected chi connectivity index (χ1v) is 5.67. The normalized spacial score (nSPS) is 22.9. The molecule has 0 amide bonds. The third-order valence-corrected chi connectivity index (χ3v) is 3.13. The molecular weight excluding hydrogens is 244 g/mol. The summed E-state index contributed by atoms with van der Waals surface area (Å²) in [4.78, 5) is 14.8. The van der Waals surface area contributed by atoms with Gasteiger partial charge in [-0.15, -0.1) is 0 Å². The van der Waals surface area contributed by atoms with Crippen molar-refractivity contribution in [3.05, 3.63) is 22.8 Å². The van der Waals surface area contributed by atoms with Gasteiger partial charge in [-0.05, 0) is 25.0 Å². The molecule has 0 spiro atoms. The zero-order valence-electron chi connectivity index (χ0n) is 9.31. The van der Waals surface area contributed by atoms with Gasteiger partial charge in [0.25, 0.3) is 0 Å². The van der Waals surface area contributed by atoms with Gasteiger partial charge in [-0.3, -0.25) is 0 Å². The van der Waals surface area contributed by atoms with E-state index < -0.39 is 5.97 Å². The summed E-state index contributed by atoms with van der Waals surface area (Å²) in [5.41, 5.74) is -0.126. The number of carboxylic acid groups (broad SMARTS) is 1. The fourth-order valence-electron chi connectivity index (χ4n) is 1.76. The van der Waals surface area contributed by atoms with Crippen molar-refractivity contribution in [2.75, 3.05) is 12.4 Å².